The molecule has 0 radical (unpaired) electrons. The van der Waals surface area contributed by atoms with E-state index in [0.29, 0.717) is 31.2 Å². The second-order valence-electron chi connectivity index (χ2n) is 7.29. The summed E-state index contributed by atoms with van der Waals surface area (Å²) in [4.78, 5) is 1.93. The van der Waals surface area contributed by atoms with Crippen LogP contribution in [0.2, 0.25) is 20.1 Å². The van der Waals surface area contributed by atoms with E-state index in [1.807, 2.05) is 0 Å². The summed E-state index contributed by atoms with van der Waals surface area (Å²) in [7, 11) is 4.23. The Morgan fingerprint density at radius 2 is 0.838 bits per heavy atom. The van der Waals surface area contributed by atoms with Crippen LogP contribution >= 0.6 is 77.8 Å². The van der Waals surface area contributed by atoms with Crippen molar-refractivity contribution in [2.45, 2.75) is 19.6 Å². The lowest BCUT2D eigenvalue weighted by Gasteiger charge is -2.14. The number of hydrogen-bond acceptors (Lipinski definition) is 5. The topological polar surface area (TPSA) is 74.6 Å². The minimum atomic E-state index is -2.24. The SMILES string of the molecule is O=S(O)c1cc(Cl)ccc1-c1ccc(Cl)cc1SSSc1cc(Cl)ccc1-c1ccc(Cl)cc1S(=O)O. The van der Waals surface area contributed by atoms with Gasteiger partial charge in [-0.3, -0.25) is 0 Å². The first kappa shape index (κ1) is 29.3. The summed E-state index contributed by atoms with van der Waals surface area (Å²) in [6, 6.07) is 20.2. The van der Waals surface area contributed by atoms with Gasteiger partial charge in [-0.1, -0.05) is 70.7 Å². The zero-order chi connectivity index (χ0) is 26.7. The smallest absolute Gasteiger partial charge is 0.187 e. The molecule has 0 spiro atoms. The molecule has 4 rings (SSSR count). The van der Waals surface area contributed by atoms with Gasteiger partial charge in [0.15, 0.2) is 22.2 Å². The number of benzene rings is 4. The maximum absolute atomic E-state index is 12.0. The molecule has 0 amide bonds. The summed E-state index contributed by atoms with van der Waals surface area (Å²) >= 11 is 20.2. The summed E-state index contributed by atoms with van der Waals surface area (Å²) in [5.41, 5.74) is 2.57. The molecule has 0 bridgehead atoms. The lowest BCUT2D eigenvalue weighted by atomic mass is 10.1. The Labute approximate surface area is 250 Å². The molecule has 0 aliphatic carbocycles. The largest absolute Gasteiger partial charge is 0.302 e. The highest BCUT2D eigenvalue weighted by Crippen LogP contribution is 2.51. The van der Waals surface area contributed by atoms with Gasteiger partial charge < -0.3 is 9.11 Å². The Morgan fingerprint density at radius 1 is 0.514 bits per heavy atom. The zero-order valence-electron chi connectivity index (χ0n) is 18.2. The Morgan fingerprint density at radius 3 is 1.19 bits per heavy atom. The van der Waals surface area contributed by atoms with Crippen molar-refractivity contribution in [3.8, 4) is 22.3 Å². The maximum Gasteiger partial charge on any atom is 0.187 e. The molecule has 0 fully saturated rings. The van der Waals surface area contributed by atoms with Gasteiger partial charge in [-0.05, 0) is 91.1 Å². The van der Waals surface area contributed by atoms with Gasteiger partial charge in [-0.25, -0.2) is 8.42 Å². The van der Waals surface area contributed by atoms with Crippen molar-refractivity contribution in [3.05, 3.63) is 92.9 Å². The summed E-state index contributed by atoms with van der Waals surface area (Å²) in [5, 5.41) is 1.73. The molecule has 37 heavy (non-hydrogen) atoms. The van der Waals surface area contributed by atoms with Crippen molar-refractivity contribution in [1.29, 1.82) is 0 Å². The first-order valence-corrected chi connectivity index (χ1v) is 17.3. The van der Waals surface area contributed by atoms with Gasteiger partial charge in [0.25, 0.3) is 0 Å². The Hall–Kier alpha value is -0.690. The third-order valence-corrected chi connectivity index (χ3v) is 11.2. The van der Waals surface area contributed by atoms with E-state index in [4.69, 9.17) is 46.4 Å². The van der Waals surface area contributed by atoms with E-state index in [1.165, 1.54) is 43.5 Å². The van der Waals surface area contributed by atoms with Crippen LogP contribution in [0.25, 0.3) is 22.3 Å². The number of rotatable bonds is 8. The van der Waals surface area contributed by atoms with Crippen LogP contribution in [-0.4, -0.2) is 17.5 Å². The zero-order valence-corrected chi connectivity index (χ0v) is 25.3. The average Bonchev–Trinajstić information content (AvgIpc) is 2.84. The van der Waals surface area contributed by atoms with Crippen LogP contribution < -0.4 is 0 Å². The first-order chi connectivity index (χ1) is 17.6. The van der Waals surface area contributed by atoms with Gasteiger partial charge in [0, 0.05) is 41.0 Å². The standard InChI is InChI=1S/C24H14Cl4O4S5/c25-13-1-5-17(19-7-3-15(27)11-23(19)36(29)30)21(9-13)33-35-34-22-10-14(26)2-6-18(22)20-8-4-16(28)12-24(20)37(31)32/h1-12H,(H,29,30)(H,31,32). The average molecular weight is 669 g/mol. The molecule has 0 heterocycles. The van der Waals surface area contributed by atoms with Crippen molar-refractivity contribution in [2.75, 3.05) is 0 Å². The van der Waals surface area contributed by atoms with Gasteiger partial charge >= 0.3 is 0 Å². The lowest BCUT2D eigenvalue weighted by Crippen LogP contribution is -1.94. The van der Waals surface area contributed by atoms with Crippen molar-refractivity contribution in [3.63, 3.8) is 0 Å². The molecule has 4 nitrogen and oxygen atoms in total. The van der Waals surface area contributed by atoms with Crippen molar-refractivity contribution >= 4 is 100.0 Å². The molecule has 2 atom stereocenters. The molecule has 192 valence electrons. The molecular weight excluding hydrogens is 654 g/mol. The van der Waals surface area contributed by atoms with Gasteiger partial charge in [0.1, 0.15) is 0 Å². The highest BCUT2D eigenvalue weighted by molar-refractivity contribution is 9.09. The highest BCUT2D eigenvalue weighted by atomic mass is 35.5. The number of halogens is 4. The molecule has 13 heteroatoms. The predicted molar refractivity (Wildman–Crippen MR) is 161 cm³/mol. The Balaban J connectivity index is 1.67. The number of hydrogen-bond donors (Lipinski definition) is 2. The molecule has 0 saturated heterocycles. The third-order valence-electron chi connectivity index (χ3n) is 4.98. The molecule has 0 saturated carbocycles. The minimum Gasteiger partial charge on any atom is -0.302 e. The molecule has 2 N–H and O–H groups in total. The second kappa shape index (κ2) is 13.1. The summed E-state index contributed by atoms with van der Waals surface area (Å²) < 4.78 is 43.6. The van der Waals surface area contributed by atoms with Gasteiger partial charge in [-0.2, -0.15) is 0 Å². The quantitative estimate of drug-likeness (QED) is 0.143. The van der Waals surface area contributed by atoms with Crippen LogP contribution in [0.5, 0.6) is 0 Å². The highest BCUT2D eigenvalue weighted by Gasteiger charge is 2.18. The fraction of sp³-hybridized carbons (Fsp3) is 0. The van der Waals surface area contributed by atoms with Crippen LogP contribution in [0.3, 0.4) is 0 Å². The predicted octanol–water partition coefficient (Wildman–Crippen LogP) is 10.2. The molecule has 0 aliphatic rings. The van der Waals surface area contributed by atoms with Gasteiger partial charge in [0.2, 0.25) is 0 Å². The fourth-order valence-corrected chi connectivity index (χ4v) is 9.59. The van der Waals surface area contributed by atoms with E-state index in [9.17, 15) is 17.5 Å². The third kappa shape index (κ3) is 7.29. The van der Waals surface area contributed by atoms with E-state index in [2.05, 4.69) is 0 Å². The molecule has 0 aliphatic heterocycles. The van der Waals surface area contributed by atoms with Gasteiger partial charge in [-0.15, -0.1) is 0 Å². The van der Waals surface area contributed by atoms with Gasteiger partial charge in [0.05, 0.1) is 9.79 Å². The normalized spacial score (nSPS) is 12.9. The first-order valence-electron chi connectivity index (χ1n) is 10.1. The van der Waals surface area contributed by atoms with E-state index in [0.717, 1.165) is 20.9 Å². The van der Waals surface area contributed by atoms with E-state index < -0.39 is 22.2 Å². The van der Waals surface area contributed by atoms with Crippen LogP contribution in [-0.2, 0) is 22.2 Å². The monoisotopic (exact) mass is 666 g/mol. The van der Waals surface area contributed by atoms with Crippen molar-refractivity contribution < 1.29 is 17.5 Å². The molecule has 2 unspecified atom stereocenters. The molecule has 4 aromatic carbocycles. The van der Waals surface area contributed by atoms with Crippen LogP contribution in [0.4, 0.5) is 0 Å². The Bertz CT molecular complexity index is 1420. The minimum absolute atomic E-state index is 0.193. The maximum atomic E-state index is 12.0. The fourth-order valence-electron chi connectivity index (χ4n) is 3.39. The van der Waals surface area contributed by atoms with Crippen molar-refractivity contribution in [1.82, 2.24) is 0 Å². The van der Waals surface area contributed by atoms with E-state index >= 15 is 0 Å². The van der Waals surface area contributed by atoms with E-state index in [1.54, 1.807) is 60.7 Å². The van der Waals surface area contributed by atoms with Crippen LogP contribution in [0.15, 0.2) is 92.4 Å². The van der Waals surface area contributed by atoms with E-state index in [-0.39, 0.29) is 9.79 Å². The Kier molecular flexibility index (Phi) is 10.4. The second-order valence-corrected chi connectivity index (χ2v) is 14.9. The molecular formula is C24H14Cl4O4S5. The summed E-state index contributed by atoms with van der Waals surface area (Å²) in [5.74, 6) is 0. The lowest BCUT2D eigenvalue weighted by molar-refractivity contribution is 0.563. The summed E-state index contributed by atoms with van der Waals surface area (Å²) in [6.45, 7) is 0. The molecule has 0 aromatic heterocycles. The molecule has 4 aromatic rings. The van der Waals surface area contributed by atoms with Crippen LogP contribution in [0, 0.1) is 0 Å². The van der Waals surface area contributed by atoms with Crippen LogP contribution in [0.1, 0.15) is 0 Å². The summed E-state index contributed by atoms with van der Waals surface area (Å²) in [6.07, 6.45) is 0. The van der Waals surface area contributed by atoms with Crippen molar-refractivity contribution in [2.24, 2.45) is 0 Å².